The molecule has 1 atom stereocenters. The molecule has 1 N–H and O–H groups in total. The van der Waals surface area contributed by atoms with Crippen molar-refractivity contribution in [2.45, 2.75) is 32.0 Å². The van der Waals surface area contributed by atoms with Crippen molar-refractivity contribution in [3.63, 3.8) is 0 Å². The molecule has 1 rings (SSSR count). The lowest BCUT2D eigenvalue weighted by Crippen LogP contribution is -2.25. The van der Waals surface area contributed by atoms with Crippen LogP contribution in [0.3, 0.4) is 0 Å². The number of rotatable bonds is 5. The second-order valence-electron chi connectivity index (χ2n) is 3.83. The number of nitrogens with one attached hydrogen (secondary N) is 1. The van der Waals surface area contributed by atoms with Crippen molar-refractivity contribution in [3.8, 4) is 0 Å². The van der Waals surface area contributed by atoms with Gasteiger partial charge in [-0.3, -0.25) is 0 Å². The Morgan fingerprint density at radius 2 is 1.82 bits per heavy atom. The molecule has 5 heteroatoms. The molecule has 17 heavy (non-hydrogen) atoms. The number of hydrogen-bond acceptors (Lipinski definition) is 1. The molecule has 0 bridgehead atoms. The second kappa shape index (κ2) is 6.40. The maximum absolute atomic E-state index is 12.0. The third-order valence-corrected chi connectivity index (χ3v) is 3.01. The molecule has 0 heterocycles. The first-order valence-electron chi connectivity index (χ1n) is 5.48. The maximum atomic E-state index is 12.0. The van der Waals surface area contributed by atoms with Gasteiger partial charge in [-0.05, 0) is 24.1 Å². The van der Waals surface area contributed by atoms with E-state index >= 15 is 0 Å². The first kappa shape index (κ1) is 14.5. The first-order chi connectivity index (χ1) is 7.92. The monoisotopic (exact) mass is 309 g/mol. The highest BCUT2D eigenvalue weighted by molar-refractivity contribution is 9.10. The van der Waals surface area contributed by atoms with Crippen LogP contribution in [0.5, 0.6) is 0 Å². The van der Waals surface area contributed by atoms with Gasteiger partial charge in [0.2, 0.25) is 0 Å². The zero-order chi connectivity index (χ0) is 12.9. The fourth-order valence-electron chi connectivity index (χ4n) is 1.58. The average molecular weight is 310 g/mol. The van der Waals surface area contributed by atoms with Crippen molar-refractivity contribution >= 4 is 15.9 Å². The molecule has 1 nitrogen and oxygen atoms in total. The summed E-state index contributed by atoms with van der Waals surface area (Å²) in [6.45, 7) is 1.91. The van der Waals surface area contributed by atoms with Gasteiger partial charge < -0.3 is 5.32 Å². The molecule has 0 saturated carbocycles. The molecule has 0 aromatic heterocycles. The van der Waals surface area contributed by atoms with Crippen molar-refractivity contribution in [1.82, 2.24) is 5.32 Å². The van der Waals surface area contributed by atoms with E-state index in [9.17, 15) is 13.2 Å². The topological polar surface area (TPSA) is 12.0 Å². The number of halogens is 4. The maximum Gasteiger partial charge on any atom is 0.390 e. The van der Waals surface area contributed by atoms with E-state index in [1.807, 2.05) is 31.2 Å². The average Bonchev–Trinajstić information content (AvgIpc) is 2.24. The van der Waals surface area contributed by atoms with Crippen LogP contribution < -0.4 is 5.32 Å². The Labute approximate surface area is 108 Å². The summed E-state index contributed by atoms with van der Waals surface area (Å²) in [5, 5.41) is 2.93. The number of hydrogen-bond donors (Lipinski definition) is 1. The molecule has 1 aromatic carbocycles. The van der Waals surface area contributed by atoms with Crippen LogP contribution in [0.1, 0.15) is 31.4 Å². The number of alkyl halides is 3. The second-order valence-corrected chi connectivity index (χ2v) is 4.75. The zero-order valence-corrected chi connectivity index (χ0v) is 11.1. The van der Waals surface area contributed by atoms with Gasteiger partial charge in [-0.1, -0.05) is 35.0 Å². The van der Waals surface area contributed by atoms with Crippen molar-refractivity contribution in [3.05, 3.63) is 34.3 Å². The predicted octanol–water partition coefficient (Wildman–Crippen LogP) is 4.44. The molecule has 0 aliphatic rings. The van der Waals surface area contributed by atoms with Crippen LogP contribution in [0, 0.1) is 0 Å². The van der Waals surface area contributed by atoms with Crippen molar-refractivity contribution in [2.75, 3.05) is 6.54 Å². The summed E-state index contributed by atoms with van der Waals surface area (Å²) in [5.41, 5.74) is 1.01. The van der Waals surface area contributed by atoms with Crippen LogP contribution in [0.2, 0.25) is 0 Å². The predicted molar refractivity (Wildman–Crippen MR) is 65.8 cm³/mol. The molecule has 0 spiro atoms. The summed E-state index contributed by atoms with van der Waals surface area (Å²) >= 11 is 3.33. The summed E-state index contributed by atoms with van der Waals surface area (Å²) in [4.78, 5) is 0. The van der Waals surface area contributed by atoms with Gasteiger partial charge in [0.15, 0.2) is 0 Å². The van der Waals surface area contributed by atoms with Gasteiger partial charge in [0.25, 0.3) is 0 Å². The standard InChI is InChI=1S/C12H15BrF3N/c1-2-11(17-8-7-12(14,15)16)9-3-5-10(13)6-4-9/h3-6,11,17H,2,7-8H2,1H3. The molecule has 1 unspecified atom stereocenters. The van der Waals surface area contributed by atoms with Crippen molar-refractivity contribution in [1.29, 1.82) is 0 Å². The van der Waals surface area contributed by atoms with E-state index in [0.29, 0.717) is 0 Å². The Morgan fingerprint density at radius 1 is 1.24 bits per heavy atom. The quantitative estimate of drug-likeness (QED) is 0.847. The Morgan fingerprint density at radius 3 is 2.29 bits per heavy atom. The van der Waals surface area contributed by atoms with Crippen LogP contribution in [0.15, 0.2) is 28.7 Å². The summed E-state index contributed by atoms with van der Waals surface area (Å²) in [7, 11) is 0. The van der Waals surface area contributed by atoms with Crippen LogP contribution in [-0.2, 0) is 0 Å². The van der Waals surface area contributed by atoms with Crippen molar-refractivity contribution in [2.24, 2.45) is 0 Å². The van der Waals surface area contributed by atoms with E-state index < -0.39 is 12.6 Å². The van der Waals surface area contributed by atoms with Crippen LogP contribution >= 0.6 is 15.9 Å². The van der Waals surface area contributed by atoms with E-state index in [1.165, 1.54) is 0 Å². The van der Waals surface area contributed by atoms with Crippen LogP contribution in [0.25, 0.3) is 0 Å². The van der Waals surface area contributed by atoms with E-state index in [-0.39, 0.29) is 12.6 Å². The third kappa shape index (κ3) is 5.55. The SMILES string of the molecule is CCC(NCCC(F)(F)F)c1ccc(Br)cc1. The summed E-state index contributed by atoms with van der Waals surface area (Å²) in [6, 6.07) is 7.59. The summed E-state index contributed by atoms with van der Waals surface area (Å²) < 4.78 is 37.0. The lowest BCUT2D eigenvalue weighted by atomic mass is 10.0. The highest BCUT2D eigenvalue weighted by atomic mass is 79.9. The van der Waals surface area contributed by atoms with Gasteiger partial charge in [0, 0.05) is 17.1 Å². The highest BCUT2D eigenvalue weighted by Gasteiger charge is 2.26. The summed E-state index contributed by atoms with van der Waals surface area (Å²) in [5.74, 6) is 0. The molecule has 0 amide bonds. The summed E-state index contributed by atoms with van der Waals surface area (Å²) in [6.07, 6.45) is -4.12. The van der Waals surface area contributed by atoms with E-state index in [1.54, 1.807) is 0 Å². The number of benzene rings is 1. The van der Waals surface area contributed by atoms with Crippen LogP contribution in [-0.4, -0.2) is 12.7 Å². The van der Waals surface area contributed by atoms with Gasteiger partial charge in [0.1, 0.15) is 0 Å². The first-order valence-corrected chi connectivity index (χ1v) is 6.27. The normalized spacial score (nSPS) is 13.7. The van der Waals surface area contributed by atoms with E-state index in [0.717, 1.165) is 16.5 Å². The lowest BCUT2D eigenvalue weighted by Gasteiger charge is -2.18. The molecule has 0 fully saturated rings. The molecule has 0 aliphatic heterocycles. The van der Waals surface area contributed by atoms with Gasteiger partial charge in [-0.25, -0.2) is 0 Å². The van der Waals surface area contributed by atoms with Gasteiger partial charge in [-0.2, -0.15) is 13.2 Å². The minimum atomic E-state index is -4.09. The molecule has 1 aromatic rings. The highest BCUT2D eigenvalue weighted by Crippen LogP contribution is 2.22. The molecule has 96 valence electrons. The molecule has 0 aliphatic carbocycles. The lowest BCUT2D eigenvalue weighted by molar-refractivity contribution is -0.133. The zero-order valence-electron chi connectivity index (χ0n) is 9.52. The van der Waals surface area contributed by atoms with E-state index in [4.69, 9.17) is 0 Å². The smallest absolute Gasteiger partial charge is 0.310 e. The fourth-order valence-corrected chi connectivity index (χ4v) is 1.85. The van der Waals surface area contributed by atoms with Gasteiger partial charge >= 0.3 is 6.18 Å². The van der Waals surface area contributed by atoms with Crippen molar-refractivity contribution < 1.29 is 13.2 Å². The minimum Gasteiger partial charge on any atom is -0.310 e. The Kier molecular flexibility index (Phi) is 5.46. The Hall–Kier alpha value is -0.550. The van der Waals surface area contributed by atoms with Gasteiger partial charge in [-0.15, -0.1) is 0 Å². The molecule has 0 radical (unpaired) electrons. The molecular weight excluding hydrogens is 295 g/mol. The minimum absolute atomic E-state index is 0.0227. The molecular formula is C12H15BrF3N. The largest absolute Gasteiger partial charge is 0.390 e. The molecule has 0 saturated heterocycles. The third-order valence-electron chi connectivity index (χ3n) is 2.48. The fraction of sp³-hybridized carbons (Fsp3) is 0.500. The Balaban J connectivity index is 2.51. The van der Waals surface area contributed by atoms with E-state index in [2.05, 4.69) is 21.2 Å². The van der Waals surface area contributed by atoms with Gasteiger partial charge in [0.05, 0.1) is 6.42 Å². The van der Waals surface area contributed by atoms with Crippen LogP contribution in [0.4, 0.5) is 13.2 Å². The Bertz CT molecular complexity index is 335.